The average molecular weight is 263 g/mol. The standard InChI is InChI=1S/C14H18FN3O/c1-18(7-3-6-16)9-13-10-19-14(17-13)11-4-2-5-12(15)8-11/h2,4-5,8,10H,3,6-7,9,16H2,1H3. The third-order valence-corrected chi connectivity index (χ3v) is 2.80. The van der Waals surface area contributed by atoms with E-state index in [0.29, 0.717) is 24.5 Å². The van der Waals surface area contributed by atoms with Crippen molar-refractivity contribution in [2.75, 3.05) is 20.1 Å². The zero-order chi connectivity index (χ0) is 13.7. The quantitative estimate of drug-likeness (QED) is 0.868. The van der Waals surface area contributed by atoms with Crippen LogP contribution < -0.4 is 5.73 Å². The molecule has 0 radical (unpaired) electrons. The molecule has 0 amide bonds. The molecule has 102 valence electrons. The molecule has 2 N–H and O–H groups in total. The Labute approximate surface area is 112 Å². The number of nitrogens with zero attached hydrogens (tertiary/aromatic N) is 2. The van der Waals surface area contributed by atoms with Crippen LogP contribution in [0.3, 0.4) is 0 Å². The van der Waals surface area contributed by atoms with Crippen molar-refractivity contribution < 1.29 is 8.81 Å². The van der Waals surface area contributed by atoms with E-state index in [1.165, 1.54) is 12.1 Å². The number of aromatic nitrogens is 1. The molecule has 0 aliphatic carbocycles. The third kappa shape index (κ3) is 3.87. The van der Waals surface area contributed by atoms with Crippen molar-refractivity contribution in [3.63, 3.8) is 0 Å². The number of hydrogen-bond donors (Lipinski definition) is 1. The van der Waals surface area contributed by atoms with E-state index in [2.05, 4.69) is 9.88 Å². The summed E-state index contributed by atoms with van der Waals surface area (Å²) in [4.78, 5) is 6.49. The zero-order valence-corrected chi connectivity index (χ0v) is 11.0. The highest BCUT2D eigenvalue weighted by Crippen LogP contribution is 2.19. The molecule has 5 heteroatoms. The van der Waals surface area contributed by atoms with Gasteiger partial charge in [-0.3, -0.25) is 0 Å². The molecule has 0 bridgehead atoms. The molecule has 0 aliphatic heterocycles. The minimum absolute atomic E-state index is 0.294. The van der Waals surface area contributed by atoms with Gasteiger partial charge in [-0.1, -0.05) is 6.07 Å². The summed E-state index contributed by atoms with van der Waals surface area (Å²) in [5.41, 5.74) is 6.95. The fourth-order valence-electron chi connectivity index (χ4n) is 1.85. The van der Waals surface area contributed by atoms with Crippen molar-refractivity contribution in [3.8, 4) is 11.5 Å². The summed E-state index contributed by atoms with van der Waals surface area (Å²) in [6.07, 6.45) is 2.56. The van der Waals surface area contributed by atoms with Crippen molar-refractivity contribution >= 4 is 0 Å². The van der Waals surface area contributed by atoms with Gasteiger partial charge in [0.1, 0.15) is 12.1 Å². The van der Waals surface area contributed by atoms with E-state index in [1.54, 1.807) is 18.4 Å². The first-order valence-electron chi connectivity index (χ1n) is 6.28. The van der Waals surface area contributed by atoms with Gasteiger partial charge in [-0.25, -0.2) is 9.37 Å². The van der Waals surface area contributed by atoms with Crippen LogP contribution >= 0.6 is 0 Å². The molecule has 0 saturated heterocycles. The van der Waals surface area contributed by atoms with Gasteiger partial charge >= 0.3 is 0 Å². The topological polar surface area (TPSA) is 55.3 Å². The van der Waals surface area contributed by atoms with Crippen LogP contribution in [0.25, 0.3) is 11.5 Å². The van der Waals surface area contributed by atoms with Gasteiger partial charge in [0.25, 0.3) is 0 Å². The van der Waals surface area contributed by atoms with E-state index >= 15 is 0 Å². The van der Waals surface area contributed by atoms with Gasteiger partial charge in [-0.2, -0.15) is 0 Å². The summed E-state index contributed by atoms with van der Waals surface area (Å²) in [5, 5.41) is 0. The first-order valence-corrected chi connectivity index (χ1v) is 6.28. The van der Waals surface area contributed by atoms with Gasteiger partial charge in [0, 0.05) is 12.1 Å². The second-order valence-corrected chi connectivity index (χ2v) is 4.53. The SMILES string of the molecule is CN(CCCN)Cc1coc(-c2cccc(F)c2)n1. The molecule has 0 fully saturated rings. The van der Waals surface area contributed by atoms with Crippen LogP contribution in [0.4, 0.5) is 4.39 Å². The van der Waals surface area contributed by atoms with Crippen molar-refractivity contribution in [3.05, 3.63) is 42.0 Å². The summed E-state index contributed by atoms with van der Waals surface area (Å²) in [6, 6.07) is 6.22. The molecule has 0 spiro atoms. The Hall–Kier alpha value is -1.72. The van der Waals surface area contributed by atoms with Crippen LogP contribution in [-0.2, 0) is 6.54 Å². The first kappa shape index (κ1) is 13.7. The van der Waals surface area contributed by atoms with Crippen LogP contribution in [0.2, 0.25) is 0 Å². The molecule has 2 rings (SSSR count). The highest BCUT2D eigenvalue weighted by molar-refractivity contribution is 5.52. The molecule has 1 aromatic carbocycles. The van der Waals surface area contributed by atoms with E-state index in [1.807, 2.05) is 7.05 Å². The molecule has 0 saturated carbocycles. The van der Waals surface area contributed by atoms with Crippen molar-refractivity contribution in [2.24, 2.45) is 5.73 Å². The Morgan fingerprint density at radius 1 is 1.42 bits per heavy atom. The first-order chi connectivity index (χ1) is 9.19. The normalized spacial score (nSPS) is 11.2. The lowest BCUT2D eigenvalue weighted by Gasteiger charge is -2.13. The van der Waals surface area contributed by atoms with Crippen LogP contribution in [0, 0.1) is 5.82 Å². The molecule has 0 aliphatic rings. The highest BCUT2D eigenvalue weighted by atomic mass is 19.1. The predicted octanol–water partition coefficient (Wildman–Crippen LogP) is 2.26. The summed E-state index contributed by atoms with van der Waals surface area (Å²) in [5.74, 6) is 0.152. The lowest BCUT2D eigenvalue weighted by Crippen LogP contribution is -2.21. The summed E-state index contributed by atoms with van der Waals surface area (Å²) >= 11 is 0. The maximum atomic E-state index is 13.1. The second kappa shape index (κ2) is 6.45. The summed E-state index contributed by atoms with van der Waals surface area (Å²) in [6.45, 7) is 2.29. The maximum Gasteiger partial charge on any atom is 0.226 e. The molecule has 19 heavy (non-hydrogen) atoms. The number of halogens is 1. The van der Waals surface area contributed by atoms with Crippen molar-refractivity contribution in [1.29, 1.82) is 0 Å². The van der Waals surface area contributed by atoms with Gasteiger partial charge in [0.15, 0.2) is 0 Å². The molecule has 4 nitrogen and oxygen atoms in total. The Morgan fingerprint density at radius 3 is 3.00 bits per heavy atom. The number of oxazole rings is 1. The second-order valence-electron chi connectivity index (χ2n) is 4.53. The Kier molecular flexibility index (Phi) is 4.65. The fraction of sp³-hybridized carbons (Fsp3) is 0.357. The minimum Gasteiger partial charge on any atom is -0.444 e. The number of rotatable bonds is 6. The van der Waals surface area contributed by atoms with E-state index in [9.17, 15) is 4.39 Å². The summed E-state index contributed by atoms with van der Waals surface area (Å²) < 4.78 is 18.5. The van der Waals surface area contributed by atoms with Gasteiger partial charge in [-0.05, 0) is 44.8 Å². The van der Waals surface area contributed by atoms with Gasteiger partial charge < -0.3 is 15.1 Å². The minimum atomic E-state index is -0.294. The molecule has 0 atom stereocenters. The van der Waals surface area contributed by atoms with Crippen LogP contribution in [0.15, 0.2) is 34.9 Å². The maximum absolute atomic E-state index is 13.1. The Bertz CT molecular complexity index is 527. The molecular weight excluding hydrogens is 245 g/mol. The third-order valence-electron chi connectivity index (χ3n) is 2.80. The molecule has 2 aromatic rings. The average Bonchev–Trinajstić information content (AvgIpc) is 2.85. The predicted molar refractivity (Wildman–Crippen MR) is 71.9 cm³/mol. The Balaban J connectivity index is 2.03. The van der Waals surface area contributed by atoms with E-state index in [-0.39, 0.29) is 5.82 Å². The molecule has 0 unspecified atom stereocenters. The zero-order valence-electron chi connectivity index (χ0n) is 11.0. The summed E-state index contributed by atoms with van der Waals surface area (Å²) in [7, 11) is 2.01. The van der Waals surface area contributed by atoms with Crippen molar-refractivity contribution in [2.45, 2.75) is 13.0 Å². The van der Waals surface area contributed by atoms with Gasteiger partial charge in [0.2, 0.25) is 5.89 Å². The Morgan fingerprint density at radius 2 is 2.26 bits per heavy atom. The molecule has 1 aromatic heterocycles. The highest BCUT2D eigenvalue weighted by Gasteiger charge is 2.09. The lowest BCUT2D eigenvalue weighted by molar-refractivity contribution is 0.320. The van der Waals surface area contributed by atoms with E-state index in [4.69, 9.17) is 10.2 Å². The van der Waals surface area contributed by atoms with Crippen molar-refractivity contribution in [1.82, 2.24) is 9.88 Å². The van der Waals surface area contributed by atoms with Gasteiger partial charge in [0.05, 0.1) is 5.69 Å². The molecular formula is C14H18FN3O. The molecule has 1 heterocycles. The van der Waals surface area contributed by atoms with E-state index in [0.717, 1.165) is 18.7 Å². The number of nitrogens with two attached hydrogens (primary N) is 1. The largest absolute Gasteiger partial charge is 0.444 e. The smallest absolute Gasteiger partial charge is 0.226 e. The fourth-order valence-corrected chi connectivity index (χ4v) is 1.85. The van der Waals surface area contributed by atoms with Crippen LogP contribution in [0.1, 0.15) is 12.1 Å². The van der Waals surface area contributed by atoms with Crippen LogP contribution in [-0.4, -0.2) is 30.0 Å². The van der Waals surface area contributed by atoms with E-state index < -0.39 is 0 Å². The number of benzene rings is 1. The monoisotopic (exact) mass is 263 g/mol. The van der Waals surface area contributed by atoms with Crippen LogP contribution in [0.5, 0.6) is 0 Å². The lowest BCUT2D eigenvalue weighted by atomic mass is 10.2. The number of hydrogen-bond acceptors (Lipinski definition) is 4. The van der Waals surface area contributed by atoms with Gasteiger partial charge in [-0.15, -0.1) is 0 Å².